The van der Waals surface area contributed by atoms with Crippen molar-refractivity contribution in [3.8, 4) is 0 Å². The van der Waals surface area contributed by atoms with Crippen molar-refractivity contribution < 1.29 is 9.59 Å². The zero-order valence-corrected chi connectivity index (χ0v) is 14.1. The van der Waals surface area contributed by atoms with E-state index in [9.17, 15) is 9.59 Å². The number of nitrogens with two attached hydrogens (primary N) is 1. The molecule has 2 aromatic rings. The van der Waals surface area contributed by atoms with Crippen LogP contribution in [0.4, 0.5) is 11.4 Å². The number of halogens is 1. The average Bonchev–Trinajstić information content (AvgIpc) is 2.83. The molecule has 0 aromatic heterocycles. The average molecular weight is 360 g/mol. The molecule has 1 aliphatic rings. The molecule has 0 bridgehead atoms. The minimum Gasteiger partial charge on any atom is -0.378 e. The van der Waals surface area contributed by atoms with E-state index in [4.69, 9.17) is 17.3 Å². The lowest BCUT2D eigenvalue weighted by molar-refractivity contribution is -0.121. The number of hydrogen-bond donors (Lipinski definition) is 1. The third kappa shape index (κ3) is 3.60. The second-order valence-corrected chi connectivity index (χ2v) is 6.80. The topological polar surface area (TPSA) is 75.8 Å². The number of imide groups is 1. The number of amidine groups is 1. The Bertz CT molecular complexity index is 793. The number of thioether (sulfide) groups is 1. The molecule has 5 nitrogen and oxygen atoms in total. The predicted octanol–water partition coefficient (Wildman–Crippen LogP) is 3.35. The first kappa shape index (κ1) is 16.5. The molecule has 24 heavy (non-hydrogen) atoms. The normalized spacial score (nSPS) is 18.3. The summed E-state index contributed by atoms with van der Waals surface area (Å²) in [6.45, 7) is 0. The summed E-state index contributed by atoms with van der Waals surface area (Å²) in [6, 6.07) is 15.8. The summed E-state index contributed by atoms with van der Waals surface area (Å²) < 4.78 is 0. The van der Waals surface area contributed by atoms with Crippen molar-refractivity contribution in [2.45, 2.75) is 11.7 Å². The highest BCUT2D eigenvalue weighted by Crippen LogP contribution is 2.30. The van der Waals surface area contributed by atoms with E-state index in [0.29, 0.717) is 16.4 Å². The number of amides is 2. The van der Waals surface area contributed by atoms with Gasteiger partial charge in [0, 0.05) is 11.4 Å². The van der Waals surface area contributed by atoms with Crippen molar-refractivity contribution in [2.24, 2.45) is 10.7 Å². The molecule has 3 rings (SSSR count). The molecule has 1 saturated heterocycles. The van der Waals surface area contributed by atoms with Gasteiger partial charge in [0.05, 0.1) is 11.4 Å². The zero-order valence-electron chi connectivity index (χ0n) is 12.6. The fourth-order valence-corrected chi connectivity index (χ4v) is 3.37. The molecule has 2 aromatic carbocycles. The fourth-order valence-electron chi connectivity index (χ4n) is 2.36. The molecule has 1 atom stereocenters. The number of rotatable bonds is 3. The van der Waals surface area contributed by atoms with Crippen molar-refractivity contribution in [2.75, 3.05) is 4.90 Å². The predicted molar refractivity (Wildman–Crippen MR) is 97.7 cm³/mol. The van der Waals surface area contributed by atoms with Crippen LogP contribution in [0.3, 0.4) is 0 Å². The van der Waals surface area contributed by atoms with Crippen LogP contribution in [0.15, 0.2) is 59.6 Å². The number of anilines is 1. The van der Waals surface area contributed by atoms with E-state index in [1.165, 1.54) is 4.90 Å². The molecule has 2 N–H and O–H groups in total. The number of carbonyl (C=O) groups is 2. The van der Waals surface area contributed by atoms with Gasteiger partial charge in [-0.15, -0.1) is 0 Å². The Morgan fingerprint density at radius 1 is 1.12 bits per heavy atom. The van der Waals surface area contributed by atoms with Crippen LogP contribution in [0.25, 0.3) is 0 Å². The maximum atomic E-state index is 12.5. The van der Waals surface area contributed by atoms with Crippen LogP contribution in [0.1, 0.15) is 6.42 Å². The molecular formula is C17H14ClN3O2S. The van der Waals surface area contributed by atoms with Crippen LogP contribution < -0.4 is 10.6 Å². The minimum atomic E-state index is -0.569. The smallest absolute Gasteiger partial charge is 0.247 e. The third-order valence-electron chi connectivity index (χ3n) is 3.45. The molecule has 0 unspecified atom stereocenters. The van der Waals surface area contributed by atoms with Gasteiger partial charge in [0.15, 0.2) is 5.17 Å². The first-order valence-electron chi connectivity index (χ1n) is 7.23. The summed E-state index contributed by atoms with van der Waals surface area (Å²) in [7, 11) is 0. The molecule has 0 spiro atoms. The quantitative estimate of drug-likeness (QED) is 0.518. The van der Waals surface area contributed by atoms with E-state index in [1.54, 1.807) is 24.3 Å². The third-order valence-corrected chi connectivity index (χ3v) is 4.69. The largest absolute Gasteiger partial charge is 0.378 e. The second-order valence-electron chi connectivity index (χ2n) is 5.14. The summed E-state index contributed by atoms with van der Waals surface area (Å²) in [5, 5.41) is 0.231. The van der Waals surface area contributed by atoms with Gasteiger partial charge in [0.2, 0.25) is 11.8 Å². The Kier molecular flexibility index (Phi) is 4.87. The molecular weight excluding hydrogens is 346 g/mol. The van der Waals surface area contributed by atoms with E-state index in [2.05, 4.69) is 4.99 Å². The standard InChI is InChI=1S/C17H14ClN3O2S/c18-11-6-8-13(9-7-11)21-15(22)10-14(16(21)23)24-17(19)20-12-4-2-1-3-5-12/h1-9,14H,10H2,(H2,19,20)/t14-/m0/s1. The lowest BCUT2D eigenvalue weighted by Crippen LogP contribution is -2.31. The molecule has 1 fully saturated rings. The van der Waals surface area contributed by atoms with E-state index < -0.39 is 5.25 Å². The first-order chi connectivity index (χ1) is 11.5. The lowest BCUT2D eigenvalue weighted by atomic mass is 10.3. The van der Waals surface area contributed by atoms with Crippen molar-refractivity contribution in [1.82, 2.24) is 0 Å². The van der Waals surface area contributed by atoms with Crippen LogP contribution in [-0.2, 0) is 9.59 Å². The van der Waals surface area contributed by atoms with Crippen molar-refractivity contribution in [3.05, 3.63) is 59.6 Å². The maximum Gasteiger partial charge on any atom is 0.247 e. The Balaban J connectivity index is 1.74. The molecule has 0 radical (unpaired) electrons. The number of benzene rings is 2. The SMILES string of the molecule is NC(=Nc1ccccc1)S[C@H]1CC(=O)N(c2ccc(Cl)cc2)C1=O. The van der Waals surface area contributed by atoms with Crippen molar-refractivity contribution in [1.29, 1.82) is 0 Å². The van der Waals surface area contributed by atoms with Gasteiger partial charge in [0.25, 0.3) is 0 Å². The molecule has 0 saturated carbocycles. The summed E-state index contributed by atoms with van der Waals surface area (Å²) in [5.74, 6) is -0.550. The van der Waals surface area contributed by atoms with Crippen molar-refractivity contribution in [3.63, 3.8) is 0 Å². The summed E-state index contributed by atoms with van der Waals surface area (Å²) in [5.41, 5.74) is 7.12. The fraction of sp³-hybridized carbons (Fsp3) is 0.118. The molecule has 0 aliphatic carbocycles. The monoisotopic (exact) mass is 359 g/mol. The van der Waals surface area contributed by atoms with Gasteiger partial charge in [0.1, 0.15) is 5.25 Å². The maximum absolute atomic E-state index is 12.5. The van der Waals surface area contributed by atoms with E-state index in [-0.39, 0.29) is 23.4 Å². The number of carbonyl (C=O) groups excluding carboxylic acids is 2. The van der Waals surface area contributed by atoms with Gasteiger partial charge < -0.3 is 5.73 Å². The van der Waals surface area contributed by atoms with Gasteiger partial charge in [-0.1, -0.05) is 41.6 Å². The Labute approximate surface area is 148 Å². The summed E-state index contributed by atoms with van der Waals surface area (Å²) in [6.07, 6.45) is 0.0944. The molecule has 2 amide bonds. The van der Waals surface area contributed by atoms with Crippen LogP contribution in [-0.4, -0.2) is 22.2 Å². The summed E-state index contributed by atoms with van der Waals surface area (Å²) >= 11 is 6.95. The van der Waals surface area contributed by atoms with Gasteiger partial charge in [-0.2, -0.15) is 0 Å². The Morgan fingerprint density at radius 3 is 2.46 bits per heavy atom. The van der Waals surface area contributed by atoms with Crippen LogP contribution in [0.2, 0.25) is 5.02 Å². The Hall–Kier alpha value is -2.31. The van der Waals surface area contributed by atoms with E-state index in [1.807, 2.05) is 30.3 Å². The number of nitrogens with zero attached hydrogens (tertiary/aromatic N) is 2. The zero-order chi connectivity index (χ0) is 17.1. The molecule has 7 heteroatoms. The van der Waals surface area contributed by atoms with Gasteiger partial charge in [-0.3, -0.25) is 9.59 Å². The Morgan fingerprint density at radius 2 is 1.79 bits per heavy atom. The molecule has 122 valence electrons. The number of hydrogen-bond acceptors (Lipinski definition) is 4. The van der Waals surface area contributed by atoms with Gasteiger partial charge >= 0.3 is 0 Å². The summed E-state index contributed by atoms with van der Waals surface area (Å²) in [4.78, 5) is 30.1. The van der Waals surface area contributed by atoms with Gasteiger partial charge in [-0.05, 0) is 36.4 Å². The first-order valence-corrected chi connectivity index (χ1v) is 8.48. The molecule has 1 heterocycles. The van der Waals surface area contributed by atoms with Crippen LogP contribution >= 0.6 is 23.4 Å². The lowest BCUT2D eigenvalue weighted by Gasteiger charge is -2.14. The van der Waals surface area contributed by atoms with Crippen molar-refractivity contribution >= 4 is 51.7 Å². The van der Waals surface area contributed by atoms with Crippen LogP contribution in [0.5, 0.6) is 0 Å². The minimum absolute atomic E-state index is 0.0944. The second kappa shape index (κ2) is 7.07. The highest BCUT2D eigenvalue weighted by atomic mass is 35.5. The van der Waals surface area contributed by atoms with E-state index in [0.717, 1.165) is 11.8 Å². The highest BCUT2D eigenvalue weighted by Gasteiger charge is 2.40. The highest BCUT2D eigenvalue weighted by molar-refractivity contribution is 8.15. The van der Waals surface area contributed by atoms with E-state index >= 15 is 0 Å². The number of aliphatic imine (C=N–C) groups is 1. The van der Waals surface area contributed by atoms with Crippen LogP contribution in [0, 0.1) is 0 Å². The number of para-hydroxylation sites is 1. The van der Waals surface area contributed by atoms with Gasteiger partial charge in [-0.25, -0.2) is 9.89 Å². The molecule has 1 aliphatic heterocycles.